The number of halogens is 1. The first-order valence-electron chi connectivity index (χ1n) is 8.52. The van der Waals surface area contributed by atoms with E-state index in [1.165, 1.54) is 7.11 Å². The van der Waals surface area contributed by atoms with Crippen molar-refractivity contribution in [3.8, 4) is 12.8 Å². The number of carbonyl (C=O) groups is 1. The van der Waals surface area contributed by atoms with Crippen LogP contribution in [0.3, 0.4) is 0 Å². The Morgan fingerprint density at radius 3 is 2.42 bits per heavy atom. The monoisotopic (exact) mass is 371 g/mol. The van der Waals surface area contributed by atoms with Crippen molar-refractivity contribution in [2.45, 2.75) is 26.0 Å². The Balaban J connectivity index is 0. The highest BCUT2D eigenvalue weighted by atomic mass is 19.1. The molecule has 150 valence electrons. The van der Waals surface area contributed by atoms with Crippen LogP contribution in [-0.2, 0) is 9.53 Å². The van der Waals surface area contributed by atoms with Crippen molar-refractivity contribution < 1.29 is 19.0 Å². The van der Waals surface area contributed by atoms with Gasteiger partial charge in [-0.2, -0.15) is 0 Å². The Bertz CT molecular complexity index is 453. The molecule has 3 N–H and O–H groups in total. The number of nitrogens with zero attached hydrogens (tertiary/aromatic N) is 2. The molecule has 0 saturated heterocycles. The number of aliphatic hydroxyl groups excluding tert-OH is 1. The average Bonchev–Trinajstić information content (AvgIpc) is 2.68. The van der Waals surface area contributed by atoms with Crippen LogP contribution in [0.2, 0.25) is 0 Å². The molecular formula is C19H34FN3O3. The lowest BCUT2D eigenvalue weighted by Gasteiger charge is -2.23. The van der Waals surface area contributed by atoms with Gasteiger partial charge in [0, 0.05) is 33.3 Å². The molecular weight excluding hydrogens is 337 g/mol. The Kier molecular flexibility index (Phi) is 17.1. The number of terminal acetylenes is 1. The molecule has 0 aliphatic rings. The zero-order valence-electron chi connectivity index (χ0n) is 16.4. The van der Waals surface area contributed by atoms with Gasteiger partial charge in [-0.3, -0.25) is 4.79 Å². The highest BCUT2D eigenvalue weighted by molar-refractivity contribution is 5.77. The number of alkyl halides is 1. The number of hydrogen-bond donors (Lipinski definition) is 2. The van der Waals surface area contributed by atoms with Gasteiger partial charge in [-0.1, -0.05) is 18.2 Å². The van der Waals surface area contributed by atoms with Gasteiger partial charge in [-0.15, -0.1) is 12.8 Å². The molecule has 7 heteroatoms. The average molecular weight is 371 g/mol. The molecule has 0 aromatic rings. The van der Waals surface area contributed by atoms with Gasteiger partial charge in [-0.25, -0.2) is 4.39 Å². The first-order valence-corrected chi connectivity index (χ1v) is 8.52. The van der Waals surface area contributed by atoms with Gasteiger partial charge < -0.3 is 25.4 Å². The van der Waals surface area contributed by atoms with E-state index in [0.29, 0.717) is 26.2 Å². The minimum atomic E-state index is -0.689. The molecule has 0 saturated carbocycles. The van der Waals surface area contributed by atoms with Crippen LogP contribution >= 0.6 is 0 Å². The predicted octanol–water partition coefficient (Wildman–Crippen LogP) is 0.823. The van der Waals surface area contributed by atoms with Crippen LogP contribution < -0.4 is 5.73 Å². The highest BCUT2D eigenvalue weighted by Crippen LogP contribution is 2.12. The summed E-state index contributed by atoms with van der Waals surface area (Å²) in [6, 6.07) is -0.689. The molecule has 26 heavy (non-hydrogen) atoms. The van der Waals surface area contributed by atoms with Crippen LogP contribution in [-0.4, -0.2) is 86.6 Å². The summed E-state index contributed by atoms with van der Waals surface area (Å²) in [6.45, 7) is 5.12. The SMILES string of the molecule is C#C.C/C=C(\C=C/CN(C)CCN(CC)C(=O)CO)C(OC)C(N)CF. The highest BCUT2D eigenvalue weighted by Gasteiger charge is 2.19. The fourth-order valence-corrected chi connectivity index (χ4v) is 2.30. The summed E-state index contributed by atoms with van der Waals surface area (Å²) in [7, 11) is 3.46. The van der Waals surface area contributed by atoms with E-state index in [1.54, 1.807) is 4.90 Å². The largest absolute Gasteiger partial charge is 0.387 e. The molecule has 0 aliphatic heterocycles. The molecule has 0 aliphatic carbocycles. The standard InChI is InChI=1S/C17H32FN3O3.C2H2/c1-5-14(17(24-4)15(19)12-18)8-7-9-20(3)10-11-21(6-2)16(23)13-22;1-2/h5,7-8,15,17,22H,6,9-13,19H2,1-4H3;1-2H/b8-7-,14-5+;. The van der Waals surface area contributed by atoms with Crippen LogP contribution in [0.25, 0.3) is 0 Å². The molecule has 0 heterocycles. The second kappa shape index (κ2) is 16.7. The van der Waals surface area contributed by atoms with E-state index in [1.807, 2.05) is 44.0 Å². The molecule has 0 aromatic heterocycles. The number of ether oxygens (including phenoxy) is 1. The number of allylic oxidation sites excluding steroid dienone is 1. The number of aliphatic hydroxyl groups is 1. The molecule has 0 radical (unpaired) electrons. The Morgan fingerprint density at radius 2 is 2.00 bits per heavy atom. The summed E-state index contributed by atoms with van der Waals surface area (Å²) in [6.07, 6.45) is 13.2. The molecule has 0 spiro atoms. The Morgan fingerprint density at radius 1 is 1.38 bits per heavy atom. The lowest BCUT2D eigenvalue weighted by atomic mass is 10.0. The van der Waals surface area contributed by atoms with Gasteiger partial charge in [0.05, 0.1) is 12.1 Å². The van der Waals surface area contributed by atoms with E-state index < -0.39 is 25.4 Å². The van der Waals surface area contributed by atoms with Gasteiger partial charge in [0.25, 0.3) is 0 Å². The fraction of sp³-hybridized carbons (Fsp3) is 0.632. The minimum absolute atomic E-state index is 0.263. The number of hydrogen-bond acceptors (Lipinski definition) is 5. The molecule has 6 nitrogen and oxygen atoms in total. The number of carbonyl (C=O) groups excluding carboxylic acids is 1. The second-order valence-electron chi connectivity index (χ2n) is 5.56. The second-order valence-corrected chi connectivity index (χ2v) is 5.56. The first kappa shape index (κ1) is 26.5. The van der Waals surface area contributed by atoms with E-state index in [-0.39, 0.29) is 5.91 Å². The first-order chi connectivity index (χ1) is 12.4. The molecule has 0 rings (SSSR count). The Hall–Kier alpha value is -1.72. The van der Waals surface area contributed by atoms with E-state index in [0.717, 1.165) is 5.57 Å². The van der Waals surface area contributed by atoms with Crippen LogP contribution in [0, 0.1) is 12.8 Å². The summed E-state index contributed by atoms with van der Waals surface area (Å²) < 4.78 is 18.0. The lowest BCUT2D eigenvalue weighted by Crippen LogP contribution is -2.39. The lowest BCUT2D eigenvalue weighted by molar-refractivity contribution is -0.134. The fourth-order valence-electron chi connectivity index (χ4n) is 2.30. The summed E-state index contributed by atoms with van der Waals surface area (Å²) in [5.41, 5.74) is 6.57. The van der Waals surface area contributed by atoms with E-state index in [2.05, 4.69) is 12.8 Å². The zero-order valence-corrected chi connectivity index (χ0v) is 16.4. The summed E-state index contributed by atoms with van der Waals surface area (Å²) >= 11 is 0. The number of rotatable bonds is 12. The minimum Gasteiger partial charge on any atom is -0.387 e. The molecule has 0 aromatic carbocycles. The molecule has 2 atom stereocenters. The van der Waals surface area contributed by atoms with Gasteiger partial charge in [0.2, 0.25) is 5.91 Å². The molecule has 2 unspecified atom stereocenters. The van der Waals surface area contributed by atoms with Crippen LogP contribution in [0.15, 0.2) is 23.8 Å². The predicted molar refractivity (Wildman–Crippen MR) is 104 cm³/mol. The third-order valence-corrected chi connectivity index (χ3v) is 3.83. The number of amides is 1. The van der Waals surface area contributed by atoms with Crippen molar-refractivity contribution in [3.63, 3.8) is 0 Å². The number of nitrogens with two attached hydrogens (primary N) is 1. The molecule has 0 fully saturated rings. The van der Waals surface area contributed by atoms with Crippen molar-refractivity contribution in [1.82, 2.24) is 9.80 Å². The van der Waals surface area contributed by atoms with Crippen molar-refractivity contribution in [3.05, 3.63) is 23.8 Å². The van der Waals surface area contributed by atoms with Crippen LogP contribution in [0.5, 0.6) is 0 Å². The summed E-state index contributed by atoms with van der Waals surface area (Å²) in [5.74, 6) is -0.263. The van der Waals surface area contributed by atoms with Crippen molar-refractivity contribution >= 4 is 5.91 Å². The summed E-state index contributed by atoms with van der Waals surface area (Å²) in [5, 5.41) is 8.90. The number of methoxy groups -OCH3 is 1. The maximum atomic E-state index is 12.8. The van der Waals surface area contributed by atoms with Crippen LogP contribution in [0.1, 0.15) is 13.8 Å². The van der Waals surface area contributed by atoms with E-state index >= 15 is 0 Å². The third-order valence-electron chi connectivity index (χ3n) is 3.83. The van der Waals surface area contributed by atoms with E-state index in [4.69, 9.17) is 15.6 Å². The maximum Gasteiger partial charge on any atom is 0.248 e. The van der Waals surface area contributed by atoms with Gasteiger partial charge >= 0.3 is 0 Å². The van der Waals surface area contributed by atoms with Crippen molar-refractivity contribution in [1.29, 1.82) is 0 Å². The zero-order chi connectivity index (χ0) is 20.5. The topological polar surface area (TPSA) is 79.0 Å². The van der Waals surface area contributed by atoms with Gasteiger partial charge in [0.15, 0.2) is 0 Å². The normalized spacial score (nSPS) is 14.0. The van der Waals surface area contributed by atoms with Gasteiger partial charge in [-0.05, 0) is 26.5 Å². The van der Waals surface area contributed by atoms with Gasteiger partial charge in [0.1, 0.15) is 13.3 Å². The Labute approximate surface area is 157 Å². The smallest absolute Gasteiger partial charge is 0.248 e. The quantitative estimate of drug-likeness (QED) is 0.392. The molecule has 1 amide bonds. The third kappa shape index (κ3) is 10.3. The molecule has 0 bridgehead atoms. The summed E-state index contributed by atoms with van der Waals surface area (Å²) in [4.78, 5) is 15.1. The van der Waals surface area contributed by atoms with E-state index in [9.17, 15) is 9.18 Å². The van der Waals surface area contributed by atoms with Crippen molar-refractivity contribution in [2.24, 2.45) is 5.73 Å². The maximum absolute atomic E-state index is 12.8. The number of likely N-dealkylation sites (N-methyl/N-ethyl adjacent to an activating group) is 2. The van der Waals surface area contributed by atoms with Crippen molar-refractivity contribution in [2.75, 3.05) is 53.6 Å². The van der Waals surface area contributed by atoms with Crippen LogP contribution in [0.4, 0.5) is 4.39 Å².